The maximum atomic E-state index is 13.5. The number of nitrogens with one attached hydrogen (secondary N) is 2. The molecule has 0 radical (unpaired) electrons. The van der Waals surface area contributed by atoms with Crippen LogP contribution in [0.1, 0.15) is 20.7 Å². The van der Waals surface area contributed by atoms with E-state index in [1.165, 1.54) is 0 Å². The van der Waals surface area contributed by atoms with Gasteiger partial charge < -0.3 is 4.74 Å². The highest BCUT2D eigenvalue weighted by Crippen LogP contribution is 2.22. The lowest BCUT2D eigenvalue weighted by Gasteiger charge is -2.10. The van der Waals surface area contributed by atoms with Gasteiger partial charge in [-0.3, -0.25) is 30.6 Å². The third kappa shape index (κ3) is 5.39. The summed E-state index contributed by atoms with van der Waals surface area (Å²) in [7, 11) is 0. The van der Waals surface area contributed by atoms with Gasteiger partial charge in [-0.05, 0) is 36.4 Å². The second kappa shape index (κ2) is 7.68. The number of halogens is 4. The third-order valence-corrected chi connectivity index (χ3v) is 3.05. The number of hydrogen-bond donors (Lipinski definition) is 2. The fourth-order valence-corrected chi connectivity index (χ4v) is 1.86. The van der Waals surface area contributed by atoms with E-state index in [1.54, 1.807) is 0 Å². The van der Waals surface area contributed by atoms with Crippen LogP contribution in [0, 0.1) is 15.9 Å². The van der Waals surface area contributed by atoms with E-state index < -0.39 is 40.4 Å². The first kappa shape index (κ1) is 19.6. The van der Waals surface area contributed by atoms with Crippen LogP contribution in [0.15, 0.2) is 42.5 Å². The molecule has 0 spiro atoms. The Morgan fingerprint density at radius 1 is 0.963 bits per heavy atom. The number of ether oxygens (including phenoxy) is 1. The average Bonchev–Trinajstić information content (AvgIpc) is 2.58. The van der Waals surface area contributed by atoms with Gasteiger partial charge in [0.05, 0.1) is 4.92 Å². The maximum absolute atomic E-state index is 13.5. The number of rotatable bonds is 4. The molecule has 0 heterocycles. The summed E-state index contributed by atoms with van der Waals surface area (Å²) in [6, 6.07) is 6.22. The van der Waals surface area contributed by atoms with Crippen molar-refractivity contribution < 1.29 is 36.8 Å². The van der Waals surface area contributed by atoms with Crippen LogP contribution < -0.4 is 15.6 Å². The molecule has 2 amide bonds. The molecule has 0 fully saturated rings. The molecule has 0 atom stereocenters. The number of nitro groups is 1. The molecule has 8 nitrogen and oxygen atoms in total. The van der Waals surface area contributed by atoms with Crippen molar-refractivity contribution in [3.05, 3.63) is 69.5 Å². The van der Waals surface area contributed by atoms with E-state index in [-0.39, 0.29) is 11.1 Å². The first-order valence-electron chi connectivity index (χ1n) is 6.97. The molecule has 0 aliphatic rings. The van der Waals surface area contributed by atoms with Gasteiger partial charge in [-0.15, -0.1) is 13.2 Å². The number of nitrogens with zero attached hydrogens (tertiary/aromatic N) is 1. The molecule has 0 saturated carbocycles. The van der Waals surface area contributed by atoms with E-state index in [2.05, 4.69) is 4.74 Å². The Morgan fingerprint density at radius 2 is 1.48 bits per heavy atom. The Labute approximate surface area is 147 Å². The first-order valence-corrected chi connectivity index (χ1v) is 6.97. The fraction of sp³-hybridized carbons (Fsp3) is 0.0667. The Hall–Kier alpha value is -3.70. The normalized spacial score (nSPS) is 10.8. The van der Waals surface area contributed by atoms with Gasteiger partial charge in [0.2, 0.25) is 5.82 Å². The summed E-state index contributed by atoms with van der Waals surface area (Å²) in [4.78, 5) is 33.2. The molecule has 0 unspecified atom stereocenters. The molecule has 2 N–H and O–H groups in total. The van der Waals surface area contributed by atoms with E-state index in [1.807, 2.05) is 10.9 Å². The van der Waals surface area contributed by atoms with Crippen LogP contribution in [-0.2, 0) is 0 Å². The minimum atomic E-state index is -4.88. The lowest BCUT2D eigenvalue weighted by atomic mass is 10.2. The van der Waals surface area contributed by atoms with Gasteiger partial charge in [0.1, 0.15) is 5.75 Å². The van der Waals surface area contributed by atoms with E-state index in [4.69, 9.17) is 0 Å². The van der Waals surface area contributed by atoms with E-state index in [0.29, 0.717) is 6.07 Å². The van der Waals surface area contributed by atoms with E-state index in [9.17, 15) is 37.3 Å². The van der Waals surface area contributed by atoms with Crippen molar-refractivity contribution in [1.82, 2.24) is 10.9 Å². The number of benzene rings is 2. The SMILES string of the molecule is O=C(NNC(=O)c1ccc([N+](=O)[O-])c(F)c1)c1ccc(OC(F)(F)F)cc1. The van der Waals surface area contributed by atoms with Gasteiger partial charge in [0, 0.05) is 17.2 Å². The van der Waals surface area contributed by atoms with Gasteiger partial charge in [0.15, 0.2) is 0 Å². The van der Waals surface area contributed by atoms with Crippen LogP contribution >= 0.6 is 0 Å². The largest absolute Gasteiger partial charge is 0.573 e. The predicted molar refractivity (Wildman–Crippen MR) is 81.1 cm³/mol. The number of amides is 2. The fourth-order valence-electron chi connectivity index (χ4n) is 1.86. The molecule has 27 heavy (non-hydrogen) atoms. The number of carbonyl (C=O) groups is 2. The van der Waals surface area contributed by atoms with Crippen molar-refractivity contribution in [1.29, 1.82) is 0 Å². The van der Waals surface area contributed by atoms with Gasteiger partial charge in [-0.25, -0.2) is 0 Å². The van der Waals surface area contributed by atoms with Crippen molar-refractivity contribution in [2.75, 3.05) is 0 Å². The quantitative estimate of drug-likeness (QED) is 0.476. The standard InChI is InChI=1S/C15H9F4N3O5/c16-11-7-9(3-6-12(11)22(25)26)14(24)21-20-13(23)8-1-4-10(5-2-8)27-15(17,18)19/h1-7H,(H,20,23)(H,21,24). The highest BCUT2D eigenvalue weighted by atomic mass is 19.4. The number of alkyl halides is 3. The summed E-state index contributed by atoms with van der Waals surface area (Å²) in [5.41, 5.74) is 2.68. The highest BCUT2D eigenvalue weighted by Gasteiger charge is 2.31. The summed E-state index contributed by atoms with van der Waals surface area (Å²) in [6.45, 7) is 0. The molecule has 2 rings (SSSR count). The minimum absolute atomic E-state index is 0.0975. The summed E-state index contributed by atoms with van der Waals surface area (Å²) in [5.74, 6) is -3.61. The second-order valence-electron chi connectivity index (χ2n) is 4.90. The number of hydrazine groups is 1. The molecular weight excluding hydrogens is 378 g/mol. The molecule has 142 valence electrons. The molecule has 0 saturated heterocycles. The van der Waals surface area contributed by atoms with Crippen LogP contribution in [0.5, 0.6) is 5.75 Å². The van der Waals surface area contributed by atoms with Crippen molar-refractivity contribution in [2.45, 2.75) is 6.36 Å². The maximum Gasteiger partial charge on any atom is 0.573 e. The van der Waals surface area contributed by atoms with Gasteiger partial charge >= 0.3 is 12.0 Å². The van der Waals surface area contributed by atoms with Gasteiger partial charge in [-0.2, -0.15) is 4.39 Å². The first-order chi connectivity index (χ1) is 12.6. The topological polar surface area (TPSA) is 111 Å². The minimum Gasteiger partial charge on any atom is -0.406 e. The van der Waals surface area contributed by atoms with E-state index in [0.717, 1.165) is 36.4 Å². The van der Waals surface area contributed by atoms with Crippen molar-refractivity contribution in [3.63, 3.8) is 0 Å². The lowest BCUT2D eigenvalue weighted by molar-refractivity contribution is -0.387. The van der Waals surface area contributed by atoms with Crippen molar-refractivity contribution in [2.24, 2.45) is 0 Å². The summed E-state index contributed by atoms with van der Waals surface area (Å²) < 4.78 is 53.3. The molecule has 12 heteroatoms. The molecular formula is C15H9F4N3O5. The average molecular weight is 387 g/mol. The van der Waals surface area contributed by atoms with Crippen LogP contribution in [0.4, 0.5) is 23.2 Å². The van der Waals surface area contributed by atoms with Crippen molar-refractivity contribution in [3.8, 4) is 5.75 Å². The molecule has 2 aromatic rings. The zero-order valence-corrected chi connectivity index (χ0v) is 13.0. The van der Waals surface area contributed by atoms with Gasteiger partial charge in [0.25, 0.3) is 11.8 Å². The molecule has 2 aromatic carbocycles. The molecule has 0 aromatic heterocycles. The van der Waals surface area contributed by atoms with E-state index >= 15 is 0 Å². The summed E-state index contributed by atoms with van der Waals surface area (Å²) >= 11 is 0. The van der Waals surface area contributed by atoms with Crippen LogP contribution in [0.2, 0.25) is 0 Å². The third-order valence-electron chi connectivity index (χ3n) is 3.05. The highest BCUT2D eigenvalue weighted by molar-refractivity contribution is 5.99. The summed E-state index contributed by atoms with van der Waals surface area (Å²) in [6.07, 6.45) is -4.88. The summed E-state index contributed by atoms with van der Waals surface area (Å²) in [5, 5.41) is 10.5. The van der Waals surface area contributed by atoms with Crippen LogP contribution in [-0.4, -0.2) is 23.1 Å². The Kier molecular flexibility index (Phi) is 5.58. The zero-order chi connectivity index (χ0) is 20.2. The molecule has 0 aliphatic heterocycles. The van der Waals surface area contributed by atoms with Crippen molar-refractivity contribution >= 4 is 17.5 Å². The molecule has 0 aliphatic carbocycles. The smallest absolute Gasteiger partial charge is 0.406 e. The number of hydrogen-bond acceptors (Lipinski definition) is 5. The number of carbonyl (C=O) groups excluding carboxylic acids is 2. The number of nitro benzene ring substituents is 1. The monoisotopic (exact) mass is 387 g/mol. The lowest BCUT2D eigenvalue weighted by Crippen LogP contribution is -2.41. The van der Waals surface area contributed by atoms with Crippen LogP contribution in [0.3, 0.4) is 0 Å². The Bertz CT molecular complexity index is 884. The molecule has 0 bridgehead atoms. The van der Waals surface area contributed by atoms with Crippen LogP contribution in [0.25, 0.3) is 0 Å². The second-order valence-corrected chi connectivity index (χ2v) is 4.90. The zero-order valence-electron chi connectivity index (χ0n) is 13.0. The Morgan fingerprint density at radius 3 is 1.96 bits per heavy atom. The van der Waals surface area contributed by atoms with Gasteiger partial charge in [-0.1, -0.05) is 0 Å². The predicted octanol–water partition coefficient (Wildman–Crippen LogP) is 2.71. The Balaban J connectivity index is 1.97.